The molecule has 0 heterocycles. The zero-order chi connectivity index (χ0) is 27.1. The molecule has 9 nitrogen and oxygen atoms in total. The van der Waals surface area contributed by atoms with Crippen molar-refractivity contribution in [2.45, 2.75) is 91.0 Å². The maximum Gasteiger partial charge on any atom is 0.471 e. The smallest absolute Gasteiger partial charge is 0.444 e. The van der Waals surface area contributed by atoms with Crippen LogP contribution in [-0.4, -0.2) is 79.6 Å². The highest BCUT2D eigenvalue weighted by molar-refractivity contribution is 5.81. The number of amides is 3. The third-order valence-corrected chi connectivity index (χ3v) is 4.28. The lowest BCUT2D eigenvalue weighted by atomic mass is 10.2. The summed E-state index contributed by atoms with van der Waals surface area (Å²) >= 11 is 0. The highest BCUT2D eigenvalue weighted by atomic mass is 19.4. The van der Waals surface area contributed by atoms with Crippen molar-refractivity contribution in [2.75, 3.05) is 39.3 Å². The van der Waals surface area contributed by atoms with E-state index in [4.69, 9.17) is 9.47 Å². The summed E-state index contributed by atoms with van der Waals surface area (Å²) in [6.45, 7) is 13.2. The van der Waals surface area contributed by atoms with Crippen LogP contribution in [0.5, 0.6) is 0 Å². The Hall–Kier alpha value is -2.24. The molecule has 0 aromatic rings. The van der Waals surface area contributed by atoms with Crippen LogP contribution in [0.3, 0.4) is 0 Å². The first-order chi connectivity index (χ1) is 16.0. The molecule has 0 saturated carbocycles. The van der Waals surface area contributed by atoms with E-state index in [1.54, 1.807) is 46.4 Å². The molecular weight excluding hydrogens is 469 g/mol. The number of ether oxygens (including phenoxy) is 2. The molecule has 0 aliphatic rings. The van der Waals surface area contributed by atoms with Crippen LogP contribution >= 0.6 is 0 Å². The Morgan fingerprint density at radius 3 is 1.69 bits per heavy atom. The van der Waals surface area contributed by atoms with Crippen LogP contribution in [0.15, 0.2) is 0 Å². The molecule has 3 amide bonds. The number of hydrogen-bond donors (Lipinski definition) is 3. The van der Waals surface area contributed by atoms with Crippen LogP contribution in [0.25, 0.3) is 0 Å². The SMILES string of the molecule is CC(C)(C)OC(=O)NCCCCN(CCCCNCCCNC(=O)C(F)(F)F)C(=O)OC(C)(C)C. The van der Waals surface area contributed by atoms with Crippen molar-refractivity contribution in [3.8, 4) is 0 Å². The molecule has 0 aromatic heterocycles. The van der Waals surface area contributed by atoms with Gasteiger partial charge in [-0.15, -0.1) is 0 Å². The van der Waals surface area contributed by atoms with Crippen LogP contribution in [0.1, 0.15) is 73.6 Å². The van der Waals surface area contributed by atoms with Gasteiger partial charge >= 0.3 is 24.3 Å². The molecule has 0 aliphatic heterocycles. The minimum Gasteiger partial charge on any atom is -0.444 e. The van der Waals surface area contributed by atoms with Gasteiger partial charge in [0.15, 0.2) is 0 Å². The third-order valence-electron chi connectivity index (χ3n) is 4.28. The summed E-state index contributed by atoms with van der Waals surface area (Å²) < 4.78 is 46.9. The minimum atomic E-state index is -4.86. The number of carbonyl (C=O) groups excluding carboxylic acids is 3. The van der Waals surface area contributed by atoms with Gasteiger partial charge in [-0.1, -0.05) is 0 Å². The molecule has 0 unspecified atom stereocenters. The number of alkyl halides is 3. The predicted molar refractivity (Wildman–Crippen MR) is 127 cm³/mol. The van der Waals surface area contributed by atoms with Gasteiger partial charge < -0.3 is 30.3 Å². The first-order valence-electron chi connectivity index (χ1n) is 12.0. The number of nitrogens with zero attached hydrogens (tertiary/aromatic N) is 1. The number of carbonyl (C=O) groups is 3. The lowest BCUT2D eigenvalue weighted by Crippen LogP contribution is -2.38. The fourth-order valence-electron chi connectivity index (χ4n) is 2.75. The largest absolute Gasteiger partial charge is 0.471 e. The normalized spacial score (nSPS) is 12.1. The van der Waals surface area contributed by atoms with E-state index in [2.05, 4.69) is 10.6 Å². The summed E-state index contributed by atoms with van der Waals surface area (Å²) in [6, 6.07) is 0. The fourth-order valence-corrected chi connectivity index (χ4v) is 2.75. The maximum atomic E-state index is 12.5. The average Bonchev–Trinajstić information content (AvgIpc) is 2.66. The molecule has 0 fully saturated rings. The second kappa shape index (κ2) is 15.7. The second-order valence-corrected chi connectivity index (χ2v) is 10.2. The quantitative estimate of drug-likeness (QED) is 0.304. The molecule has 35 heavy (non-hydrogen) atoms. The molecule has 0 spiro atoms. The minimum absolute atomic E-state index is 0.0550. The fraction of sp³-hybridized carbons (Fsp3) is 0.870. The van der Waals surface area contributed by atoms with Crippen LogP contribution in [0.2, 0.25) is 0 Å². The molecule has 0 saturated heterocycles. The van der Waals surface area contributed by atoms with Crippen LogP contribution in [0, 0.1) is 0 Å². The highest BCUT2D eigenvalue weighted by Gasteiger charge is 2.38. The Morgan fingerprint density at radius 2 is 1.17 bits per heavy atom. The van der Waals surface area contributed by atoms with E-state index in [-0.39, 0.29) is 6.54 Å². The monoisotopic (exact) mass is 512 g/mol. The van der Waals surface area contributed by atoms with Gasteiger partial charge in [0.1, 0.15) is 11.2 Å². The van der Waals surface area contributed by atoms with Gasteiger partial charge in [0.25, 0.3) is 0 Å². The van der Waals surface area contributed by atoms with Gasteiger partial charge in [-0.25, -0.2) is 9.59 Å². The Morgan fingerprint density at radius 1 is 0.686 bits per heavy atom. The van der Waals surface area contributed by atoms with Crippen molar-refractivity contribution in [1.29, 1.82) is 0 Å². The number of unbranched alkanes of at least 4 members (excludes halogenated alkanes) is 2. The van der Waals surface area contributed by atoms with Gasteiger partial charge in [-0.3, -0.25) is 4.79 Å². The summed E-state index contributed by atoms with van der Waals surface area (Å²) in [6.07, 6.45) is -2.53. The number of rotatable bonds is 14. The number of nitrogens with one attached hydrogen (secondary N) is 3. The van der Waals surface area contributed by atoms with E-state index in [1.165, 1.54) is 0 Å². The summed E-state index contributed by atoms with van der Waals surface area (Å²) in [7, 11) is 0. The number of halogens is 3. The Balaban J connectivity index is 4.21. The summed E-state index contributed by atoms with van der Waals surface area (Å²) in [5.74, 6) is -1.93. The Kier molecular flexibility index (Phi) is 14.7. The Bertz CT molecular complexity index is 647. The van der Waals surface area contributed by atoms with Crippen LogP contribution in [0.4, 0.5) is 22.8 Å². The lowest BCUT2D eigenvalue weighted by molar-refractivity contribution is -0.173. The molecule has 12 heteroatoms. The van der Waals surface area contributed by atoms with Gasteiger partial charge in [0, 0.05) is 26.2 Å². The molecule has 206 valence electrons. The van der Waals surface area contributed by atoms with E-state index >= 15 is 0 Å². The molecule has 0 radical (unpaired) electrons. The van der Waals surface area contributed by atoms with Gasteiger partial charge in [0.05, 0.1) is 0 Å². The average molecular weight is 513 g/mol. The molecule has 0 aliphatic carbocycles. The zero-order valence-electron chi connectivity index (χ0n) is 21.9. The first-order valence-corrected chi connectivity index (χ1v) is 12.0. The predicted octanol–water partition coefficient (Wildman–Crippen LogP) is 3.97. The van der Waals surface area contributed by atoms with E-state index in [0.29, 0.717) is 58.4 Å². The molecule has 3 N–H and O–H groups in total. The molecule has 0 bridgehead atoms. The van der Waals surface area contributed by atoms with Crippen molar-refractivity contribution < 1.29 is 37.0 Å². The van der Waals surface area contributed by atoms with Crippen molar-refractivity contribution in [3.63, 3.8) is 0 Å². The third kappa shape index (κ3) is 19.7. The molecular formula is C23H43F3N4O5. The van der Waals surface area contributed by atoms with Crippen molar-refractivity contribution in [3.05, 3.63) is 0 Å². The van der Waals surface area contributed by atoms with Crippen molar-refractivity contribution >= 4 is 18.1 Å². The standard InChI is InChI=1S/C23H43F3N4O5/c1-21(2,3)34-19(32)29-14-8-10-17-30(20(33)35-22(4,5)6)16-9-7-12-27-13-11-15-28-18(31)23(24,25)26/h27H,7-17H2,1-6H3,(H,28,31)(H,29,32). The summed E-state index contributed by atoms with van der Waals surface area (Å²) in [4.78, 5) is 36.6. The van der Waals surface area contributed by atoms with E-state index in [9.17, 15) is 27.6 Å². The zero-order valence-corrected chi connectivity index (χ0v) is 21.9. The maximum absolute atomic E-state index is 12.5. The van der Waals surface area contributed by atoms with Crippen LogP contribution < -0.4 is 16.0 Å². The van der Waals surface area contributed by atoms with Crippen molar-refractivity contribution in [2.24, 2.45) is 0 Å². The van der Waals surface area contributed by atoms with E-state index in [0.717, 1.165) is 6.42 Å². The van der Waals surface area contributed by atoms with Crippen LogP contribution in [-0.2, 0) is 14.3 Å². The summed E-state index contributed by atoms with van der Waals surface area (Å²) in [5.41, 5.74) is -1.17. The van der Waals surface area contributed by atoms with Gasteiger partial charge in [0.2, 0.25) is 0 Å². The molecule has 0 aromatic carbocycles. The van der Waals surface area contributed by atoms with E-state index in [1.807, 2.05) is 5.32 Å². The summed E-state index contributed by atoms with van der Waals surface area (Å²) in [5, 5.41) is 7.62. The number of hydrogen-bond acceptors (Lipinski definition) is 6. The molecule has 0 rings (SSSR count). The van der Waals surface area contributed by atoms with Crippen molar-refractivity contribution in [1.82, 2.24) is 20.9 Å². The van der Waals surface area contributed by atoms with Gasteiger partial charge in [-0.05, 0) is 86.7 Å². The highest BCUT2D eigenvalue weighted by Crippen LogP contribution is 2.14. The number of alkyl carbamates (subject to hydrolysis) is 1. The molecule has 0 atom stereocenters. The second-order valence-electron chi connectivity index (χ2n) is 10.2. The Labute approximate surface area is 206 Å². The van der Waals surface area contributed by atoms with E-state index < -0.39 is 35.5 Å². The topological polar surface area (TPSA) is 109 Å². The first kappa shape index (κ1) is 32.8. The lowest BCUT2D eigenvalue weighted by Gasteiger charge is -2.27. The van der Waals surface area contributed by atoms with Gasteiger partial charge in [-0.2, -0.15) is 13.2 Å².